The SMILES string of the molecule is C=C1CCC2NNCC2C1. The van der Waals surface area contributed by atoms with Crippen molar-refractivity contribution in [1.82, 2.24) is 10.9 Å². The van der Waals surface area contributed by atoms with Gasteiger partial charge < -0.3 is 0 Å². The summed E-state index contributed by atoms with van der Waals surface area (Å²) >= 11 is 0. The summed E-state index contributed by atoms with van der Waals surface area (Å²) in [5.74, 6) is 0.821. The highest BCUT2D eigenvalue weighted by atomic mass is 15.4. The average Bonchev–Trinajstić information content (AvgIpc) is 2.33. The van der Waals surface area contributed by atoms with Crippen LogP contribution in [0.2, 0.25) is 0 Å². The highest BCUT2D eigenvalue weighted by Crippen LogP contribution is 2.28. The molecular formula is C8H14N2. The molecule has 2 aliphatic rings. The molecule has 2 atom stereocenters. The second kappa shape index (κ2) is 2.36. The molecule has 2 nitrogen and oxygen atoms in total. The first-order valence-electron chi connectivity index (χ1n) is 4.01. The van der Waals surface area contributed by atoms with Gasteiger partial charge in [0.25, 0.3) is 0 Å². The normalized spacial score (nSPS) is 39.8. The number of rotatable bonds is 0. The Morgan fingerprint density at radius 3 is 3.30 bits per heavy atom. The Bertz CT molecular complexity index is 153. The molecule has 0 spiro atoms. The highest BCUT2D eigenvalue weighted by molar-refractivity contribution is 5.05. The van der Waals surface area contributed by atoms with Gasteiger partial charge in [-0.05, 0) is 25.2 Å². The van der Waals surface area contributed by atoms with Crippen molar-refractivity contribution in [1.29, 1.82) is 0 Å². The van der Waals surface area contributed by atoms with Gasteiger partial charge in [-0.1, -0.05) is 12.2 Å². The van der Waals surface area contributed by atoms with Crippen LogP contribution in [-0.2, 0) is 0 Å². The molecule has 2 heteroatoms. The zero-order chi connectivity index (χ0) is 6.97. The molecule has 1 aliphatic carbocycles. The second-order valence-corrected chi connectivity index (χ2v) is 3.38. The van der Waals surface area contributed by atoms with Gasteiger partial charge in [0.1, 0.15) is 0 Å². The Labute approximate surface area is 61.7 Å². The largest absolute Gasteiger partial charge is 0.257 e. The van der Waals surface area contributed by atoms with Crippen LogP contribution in [0.3, 0.4) is 0 Å². The zero-order valence-corrected chi connectivity index (χ0v) is 6.19. The van der Waals surface area contributed by atoms with Crippen LogP contribution in [0, 0.1) is 5.92 Å². The van der Waals surface area contributed by atoms with Gasteiger partial charge in [0.15, 0.2) is 0 Å². The Morgan fingerprint density at radius 2 is 2.40 bits per heavy atom. The number of allylic oxidation sites excluding steroid dienone is 1. The minimum absolute atomic E-state index is 0.727. The van der Waals surface area contributed by atoms with Crippen molar-refractivity contribution in [3.63, 3.8) is 0 Å². The quantitative estimate of drug-likeness (QED) is 0.484. The molecule has 0 amide bonds. The fourth-order valence-electron chi connectivity index (χ4n) is 1.94. The maximum Gasteiger partial charge on any atom is 0.0259 e. The van der Waals surface area contributed by atoms with E-state index in [9.17, 15) is 0 Å². The van der Waals surface area contributed by atoms with Crippen molar-refractivity contribution in [2.45, 2.75) is 25.3 Å². The molecule has 0 aromatic carbocycles. The Hall–Kier alpha value is -0.340. The predicted molar refractivity (Wildman–Crippen MR) is 41.4 cm³/mol. The highest BCUT2D eigenvalue weighted by Gasteiger charge is 2.30. The number of fused-ring (bicyclic) bond motifs is 1. The lowest BCUT2D eigenvalue weighted by molar-refractivity contribution is 0.387. The Morgan fingerprint density at radius 1 is 1.50 bits per heavy atom. The van der Waals surface area contributed by atoms with E-state index < -0.39 is 0 Å². The molecule has 0 radical (unpaired) electrons. The molecule has 2 N–H and O–H groups in total. The van der Waals surface area contributed by atoms with Crippen LogP contribution in [-0.4, -0.2) is 12.6 Å². The van der Waals surface area contributed by atoms with Crippen molar-refractivity contribution >= 4 is 0 Å². The minimum atomic E-state index is 0.727. The Balaban J connectivity index is 2.03. The lowest BCUT2D eigenvalue weighted by atomic mass is 9.83. The van der Waals surface area contributed by atoms with Crippen molar-refractivity contribution in [3.05, 3.63) is 12.2 Å². The fourth-order valence-corrected chi connectivity index (χ4v) is 1.94. The average molecular weight is 138 g/mol. The standard InChI is InChI=1S/C8H14N2/c1-6-2-3-8-7(4-6)5-9-10-8/h7-10H,1-5H2. The summed E-state index contributed by atoms with van der Waals surface area (Å²) in [4.78, 5) is 0. The van der Waals surface area contributed by atoms with Gasteiger partial charge in [-0.25, -0.2) is 0 Å². The van der Waals surface area contributed by atoms with Crippen LogP contribution in [0.5, 0.6) is 0 Å². The summed E-state index contributed by atoms with van der Waals surface area (Å²) in [5.41, 5.74) is 7.92. The molecular weight excluding hydrogens is 124 g/mol. The third kappa shape index (κ3) is 0.976. The molecule has 1 heterocycles. The number of hydrogen-bond donors (Lipinski definition) is 2. The topological polar surface area (TPSA) is 24.1 Å². The summed E-state index contributed by atoms with van der Waals surface area (Å²) in [5, 5.41) is 0. The van der Waals surface area contributed by atoms with Crippen molar-refractivity contribution in [3.8, 4) is 0 Å². The van der Waals surface area contributed by atoms with E-state index in [1.807, 2.05) is 0 Å². The van der Waals surface area contributed by atoms with Gasteiger partial charge >= 0.3 is 0 Å². The molecule has 2 fully saturated rings. The van der Waals surface area contributed by atoms with Gasteiger partial charge in [-0.15, -0.1) is 0 Å². The minimum Gasteiger partial charge on any atom is -0.257 e. The van der Waals surface area contributed by atoms with E-state index in [-0.39, 0.29) is 0 Å². The van der Waals surface area contributed by atoms with Gasteiger partial charge in [-0.2, -0.15) is 0 Å². The van der Waals surface area contributed by atoms with Crippen molar-refractivity contribution in [2.75, 3.05) is 6.54 Å². The van der Waals surface area contributed by atoms with E-state index in [0.717, 1.165) is 18.5 Å². The third-order valence-corrected chi connectivity index (χ3v) is 2.58. The Kier molecular flexibility index (Phi) is 1.51. The molecule has 1 saturated carbocycles. The van der Waals surface area contributed by atoms with Gasteiger partial charge in [0, 0.05) is 12.6 Å². The van der Waals surface area contributed by atoms with E-state index in [1.54, 1.807) is 0 Å². The molecule has 1 aliphatic heterocycles. The van der Waals surface area contributed by atoms with Gasteiger partial charge in [0.05, 0.1) is 0 Å². The van der Waals surface area contributed by atoms with Crippen molar-refractivity contribution < 1.29 is 0 Å². The van der Waals surface area contributed by atoms with E-state index in [1.165, 1.54) is 24.8 Å². The smallest absolute Gasteiger partial charge is 0.0259 e. The first-order valence-corrected chi connectivity index (χ1v) is 4.01. The van der Waals surface area contributed by atoms with Crippen LogP contribution < -0.4 is 10.9 Å². The second-order valence-electron chi connectivity index (χ2n) is 3.38. The predicted octanol–water partition coefficient (Wildman–Crippen LogP) is 0.819. The van der Waals surface area contributed by atoms with Crippen molar-refractivity contribution in [2.24, 2.45) is 5.92 Å². The molecule has 0 aromatic rings. The maximum absolute atomic E-state index is 4.02. The summed E-state index contributed by atoms with van der Waals surface area (Å²) in [6.07, 6.45) is 3.72. The molecule has 1 saturated heterocycles. The maximum atomic E-state index is 4.02. The van der Waals surface area contributed by atoms with Gasteiger partial charge in [-0.3, -0.25) is 10.9 Å². The summed E-state index contributed by atoms with van der Waals surface area (Å²) in [6, 6.07) is 0.727. The van der Waals surface area contributed by atoms with Crippen LogP contribution in [0.1, 0.15) is 19.3 Å². The summed E-state index contributed by atoms with van der Waals surface area (Å²) < 4.78 is 0. The van der Waals surface area contributed by atoms with E-state index in [2.05, 4.69) is 17.4 Å². The van der Waals surface area contributed by atoms with Gasteiger partial charge in [0.2, 0.25) is 0 Å². The summed E-state index contributed by atoms with van der Waals surface area (Å²) in [6.45, 7) is 5.15. The van der Waals surface area contributed by atoms with Crippen LogP contribution >= 0.6 is 0 Å². The number of hydrogen-bond acceptors (Lipinski definition) is 2. The van der Waals surface area contributed by atoms with E-state index >= 15 is 0 Å². The van der Waals surface area contributed by atoms with E-state index in [0.29, 0.717) is 0 Å². The van der Waals surface area contributed by atoms with Crippen LogP contribution in [0.4, 0.5) is 0 Å². The molecule has 0 aromatic heterocycles. The molecule has 0 bridgehead atoms. The lowest BCUT2D eigenvalue weighted by Gasteiger charge is -2.24. The number of hydrazine groups is 1. The number of nitrogens with one attached hydrogen (secondary N) is 2. The fraction of sp³-hybridized carbons (Fsp3) is 0.750. The van der Waals surface area contributed by atoms with Crippen LogP contribution in [0.15, 0.2) is 12.2 Å². The van der Waals surface area contributed by atoms with E-state index in [4.69, 9.17) is 0 Å². The molecule has 10 heavy (non-hydrogen) atoms. The summed E-state index contributed by atoms with van der Waals surface area (Å²) in [7, 11) is 0. The van der Waals surface area contributed by atoms with Crippen LogP contribution in [0.25, 0.3) is 0 Å². The zero-order valence-electron chi connectivity index (χ0n) is 6.19. The molecule has 56 valence electrons. The molecule has 2 unspecified atom stereocenters. The lowest BCUT2D eigenvalue weighted by Crippen LogP contribution is -2.33. The first kappa shape index (κ1) is 6.38. The third-order valence-electron chi connectivity index (χ3n) is 2.58. The first-order chi connectivity index (χ1) is 4.86. The monoisotopic (exact) mass is 138 g/mol. The molecule has 2 rings (SSSR count).